The Morgan fingerprint density at radius 2 is 1.74 bits per heavy atom. The molecule has 0 saturated heterocycles. The number of carbonyl (C=O) groups excluding carboxylic acids is 2. The maximum atomic E-state index is 13.7. The Hall–Kier alpha value is -1.78. The minimum Gasteiger partial charge on any atom is -0.302 e. The number of hydrogen-bond acceptors (Lipinski definition) is 2. The summed E-state index contributed by atoms with van der Waals surface area (Å²) in [6.07, 6.45) is 3.60. The highest BCUT2D eigenvalue weighted by atomic mass is 19.1. The number of ketones is 1. The second kappa shape index (κ2) is 5.47. The van der Waals surface area contributed by atoms with Crippen LogP contribution in [0.2, 0.25) is 0 Å². The standard InChI is InChI=1S/C14H15F2NO2/c1-2-3-4-5-8-17-12-10(16)7-6-9(15)11(12)13(18)14(17)19/h6-7H,2-5,8H2,1H3. The molecule has 0 fully saturated rings. The summed E-state index contributed by atoms with van der Waals surface area (Å²) in [7, 11) is 0. The van der Waals surface area contributed by atoms with E-state index >= 15 is 0 Å². The molecule has 0 radical (unpaired) electrons. The van der Waals surface area contributed by atoms with Crippen LogP contribution in [0, 0.1) is 11.6 Å². The Kier molecular flexibility index (Phi) is 3.93. The summed E-state index contributed by atoms with van der Waals surface area (Å²) in [6, 6.07) is 1.82. The first-order valence-corrected chi connectivity index (χ1v) is 6.42. The molecule has 2 rings (SSSR count). The SMILES string of the molecule is CCCCCCN1C(=O)C(=O)c2c(F)ccc(F)c21. The molecule has 0 saturated carbocycles. The molecular formula is C14H15F2NO2. The summed E-state index contributed by atoms with van der Waals surface area (Å²) in [4.78, 5) is 24.5. The number of benzene rings is 1. The molecule has 1 aliphatic rings. The van der Waals surface area contributed by atoms with Crippen LogP contribution in [-0.2, 0) is 4.79 Å². The van der Waals surface area contributed by atoms with Gasteiger partial charge in [0, 0.05) is 6.54 Å². The Morgan fingerprint density at radius 1 is 1.05 bits per heavy atom. The van der Waals surface area contributed by atoms with Gasteiger partial charge in [0.1, 0.15) is 11.6 Å². The van der Waals surface area contributed by atoms with Gasteiger partial charge in [0.05, 0.1) is 11.3 Å². The molecule has 5 heteroatoms. The number of Topliss-reactive ketones (excluding diaryl/α,β-unsaturated/α-hetero) is 1. The van der Waals surface area contributed by atoms with E-state index in [0.29, 0.717) is 6.42 Å². The monoisotopic (exact) mass is 267 g/mol. The number of rotatable bonds is 5. The molecule has 0 atom stereocenters. The van der Waals surface area contributed by atoms with E-state index in [1.807, 2.05) is 0 Å². The fourth-order valence-electron chi connectivity index (χ4n) is 2.26. The summed E-state index contributed by atoms with van der Waals surface area (Å²) >= 11 is 0. The Bertz CT molecular complexity index is 528. The van der Waals surface area contributed by atoms with Crippen molar-refractivity contribution in [2.24, 2.45) is 0 Å². The first-order valence-electron chi connectivity index (χ1n) is 6.42. The summed E-state index contributed by atoms with van der Waals surface area (Å²) in [5.74, 6) is -3.37. The third-order valence-corrected chi connectivity index (χ3v) is 3.25. The molecule has 0 N–H and O–H groups in total. The molecular weight excluding hydrogens is 252 g/mol. The first-order chi connectivity index (χ1) is 9.07. The molecule has 1 amide bonds. The number of nitrogens with zero attached hydrogens (tertiary/aromatic N) is 1. The lowest BCUT2D eigenvalue weighted by Gasteiger charge is -2.16. The molecule has 0 aliphatic carbocycles. The first kappa shape index (κ1) is 13.6. The zero-order chi connectivity index (χ0) is 14.0. The highest BCUT2D eigenvalue weighted by molar-refractivity contribution is 6.52. The molecule has 102 valence electrons. The summed E-state index contributed by atoms with van der Waals surface area (Å²) in [5.41, 5.74) is -0.632. The maximum Gasteiger partial charge on any atom is 0.299 e. The average molecular weight is 267 g/mol. The molecule has 1 heterocycles. The average Bonchev–Trinajstić information content (AvgIpc) is 2.65. The van der Waals surface area contributed by atoms with Gasteiger partial charge in [-0.05, 0) is 18.6 Å². The molecule has 0 spiro atoms. The fourth-order valence-corrected chi connectivity index (χ4v) is 2.26. The highest BCUT2D eigenvalue weighted by Gasteiger charge is 2.40. The van der Waals surface area contributed by atoms with E-state index in [2.05, 4.69) is 6.92 Å². The van der Waals surface area contributed by atoms with Crippen LogP contribution < -0.4 is 4.90 Å². The van der Waals surface area contributed by atoms with E-state index in [9.17, 15) is 18.4 Å². The van der Waals surface area contributed by atoms with Crippen LogP contribution in [0.4, 0.5) is 14.5 Å². The molecule has 1 aromatic carbocycles. The minimum absolute atomic E-state index is 0.202. The lowest BCUT2D eigenvalue weighted by Crippen LogP contribution is -2.31. The van der Waals surface area contributed by atoms with Crippen molar-refractivity contribution < 1.29 is 18.4 Å². The zero-order valence-electron chi connectivity index (χ0n) is 10.7. The second-order valence-electron chi connectivity index (χ2n) is 4.60. The molecule has 3 nitrogen and oxygen atoms in total. The largest absolute Gasteiger partial charge is 0.302 e. The normalized spacial score (nSPS) is 14.2. The van der Waals surface area contributed by atoms with Gasteiger partial charge in [-0.1, -0.05) is 26.2 Å². The predicted molar refractivity (Wildman–Crippen MR) is 67.2 cm³/mol. The third kappa shape index (κ3) is 2.37. The van der Waals surface area contributed by atoms with Crippen LogP contribution >= 0.6 is 0 Å². The van der Waals surface area contributed by atoms with E-state index in [1.54, 1.807) is 0 Å². The molecule has 19 heavy (non-hydrogen) atoms. The predicted octanol–water partition coefficient (Wildman–Crippen LogP) is 3.07. The number of carbonyl (C=O) groups is 2. The van der Waals surface area contributed by atoms with E-state index < -0.39 is 28.9 Å². The Morgan fingerprint density at radius 3 is 2.42 bits per heavy atom. The van der Waals surface area contributed by atoms with E-state index in [0.717, 1.165) is 36.3 Å². The van der Waals surface area contributed by atoms with Crippen LogP contribution in [0.5, 0.6) is 0 Å². The van der Waals surface area contributed by atoms with Crippen LogP contribution in [0.1, 0.15) is 43.0 Å². The van der Waals surface area contributed by atoms with Gasteiger partial charge in [0.15, 0.2) is 0 Å². The van der Waals surface area contributed by atoms with Gasteiger partial charge >= 0.3 is 0 Å². The number of halogens is 2. The van der Waals surface area contributed by atoms with Gasteiger partial charge < -0.3 is 4.90 Å². The molecule has 0 bridgehead atoms. The number of hydrogen-bond donors (Lipinski definition) is 0. The van der Waals surface area contributed by atoms with Crippen molar-refractivity contribution in [3.05, 3.63) is 29.3 Å². The topological polar surface area (TPSA) is 37.4 Å². The van der Waals surface area contributed by atoms with Gasteiger partial charge in [-0.25, -0.2) is 8.78 Å². The van der Waals surface area contributed by atoms with Crippen molar-refractivity contribution in [2.75, 3.05) is 11.4 Å². The van der Waals surface area contributed by atoms with Crippen molar-refractivity contribution >= 4 is 17.4 Å². The number of fused-ring (bicyclic) bond motifs is 1. The van der Waals surface area contributed by atoms with Crippen molar-refractivity contribution in [3.8, 4) is 0 Å². The lowest BCUT2D eigenvalue weighted by molar-refractivity contribution is -0.114. The van der Waals surface area contributed by atoms with Crippen LogP contribution in [0.3, 0.4) is 0 Å². The Balaban J connectivity index is 2.26. The van der Waals surface area contributed by atoms with Crippen molar-refractivity contribution in [3.63, 3.8) is 0 Å². The summed E-state index contributed by atoms with van der Waals surface area (Å²) in [5, 5.41) is 0. The van der Waals surface area contributed by atoms with Crippen LogP contribution in [0.25, 0.3) is 0 Å². The second-order valence-corrected chi connectivity index (χ2v) is 4.60. The summed E-state index contributed by atoms with van der Waals surface area (Å²) < 4.78 is 27.3. The number of unbranched alkanes of at least 4 members (excludes halogenated alkanes) is 3. The molecule has 0 unspecified atom stereocenters. The highest BCUT2D eigenvalue weighted by Crippen LogP contribution is 2.33. The zero-order valence-corrected chi connectivity index (χ0v) is 10.7. The van der Waals surface area contributed by atoms with E-state index in [4.69, 9.17) is 0 Å². The Labute approximate surface area is 110 Å². The maximum absolute atomic E-state index is 13.7. The fraction of sp³-hybridized carbons (Fsp3) is 0.429. The van der Waals surface area contributed by atoms with E-state index in [-0.39, 0.29) is 12.2 Å². The lowest BCUT2D eigenvalue weighted by atomic mass is 10.1. The van der Waals surface area contributed by atoms with Crippen LogP contribution in [0.15, 0.2) is 12.1 Å². The van der Waals surface area contributed by atoms with E-state index in [1.165, 1.54) is 0 Å². The number of amides is 1. The van der Waals surface area contributed by atoms with Crippen LogP contribution in [-0.4, -0.2) is 18.2 Å². The van der Waals surface area contributed by atoms with Gasteiger partial charge in [-0.3, -0.25) is 9.59 Å². The smallest absolute Gasteiger partial charge is 0.299 e. The minimum atomic E-state index is -0.956. The van der Waals surface area contributed by atoms with Gasteiger partial charge in [0.2, 0.25) is 0 Å². The van der Waals surface area contributed by atoms with Crippen molar-refractivity contribution in [2.45, 2.75) is 32.6 Å². The van der Waals surface area contributed by atoms with Gasteiger partial charge in [0.25, 0.3) is 11.7 Å². The van der Waals surface area contributed by atoms with Gasteiger partial charge in [-0.15, -0.1) is 0 Å². The molecule has 1 aliphatic heterocycles. The van der Waals surface area contributed by atoms with Gasteiger partial charge in [-0.2, -0.15) is 0 Å². The van der Waals surface area contributed by atoms with Crippen molar-refractivity contribution in [1.29, 1.82) is 0 Å². The quantitative estimate of drug-likeness (QED) is 0.607. The summed E-state index contributed by atoms with van der Waals surface area (Å²) in [6.45, 7) is 2.30. The molecule has 1 aromatic rings. The third-order valence-electron chi connectivity index (χ3n) is 3.25. The number of anilines is 1. The van der Waals surface area contributed by atoms with Crippen molar-refractivity contribution in [1.82, 2.24) is 0 Å². The molecule has 0 aromatic heterocycles.